The van der Waals surface area contributed by atoms with Crippen LogP contribution in [0.5, 0.6) is 5.75 Å². The standard InChI is InChI=1S/C16H17ClO2/c1-12-7-5-6-10-14(12)19-15(11-16(17)18)13-8-3-2-4-9-13/h2-10,15-16,18H,11H2,1H3. The smallest absolute Gasteiger partial charge is 0.131 e. The number of aryl methyl sites for hydroxylation is 1. The first-order chi connectivity index (χ1) is 9.16. The number of aliphatic hydroxyl groups excluding tert-OH is 1. The maximum atomic E-state index is 9.42. The van der Waals surface area contributed by atoms with E-state index in [0.29, 0.717) is 6.42 Å². The molecule has 0 saturated carbocycles. The van der Waals surface area contributed by atoms with Crippen molar-refractivity contribution in [3.63, 3.8) is 0 Å². The summed E-state index contributed by atoms with van der Waals surface area (Å²) in [5.41, 5.74) is 1.15. The van der Waals surface area contributed by atoms with Crippen molar-refractivity contribution < 1.29 is 9.84 Å². The zero-order valence-corrected chi connectivity index (χ0v) is 11.5. The zero-order valence-electron chi connectivity index (χ0n) is 10.8. The highest BCUT2D eigenvalue weighted by molar-refractivity contribution is 6.19. The molecule has 0 saturated heterocycles. The highest BCUT2D eigenvalue weighted by Gasteiger charge is 2.17. The molecule has 0 heterocycles. The Morgan fingerprint density at radius 3 is 2.32 bits per heavy atom. The minimum absolute atomic E-state index is 0.255. The van der Waals surface area contributed by atoms with Gasteiger partial charge in [0.05, 0.1) is 0 Å². The number of aliphatic hydroxyl groups is 1. The second-order valence-corrected chi connectivity index (χ2v) is 4.96. The van der Waals surface area contributed by atoms with Gasteiger partial charge in [-0.25, -0.2) is 0 Å². The van der Waals surface area contributed by atoms with Crippen LogP contribution in [0.3, 0.4) is 0 Å². The van der Waals surface area contributed by atoms with Gasteiger partial charge in [0.1, 0.15) is 17.4 Å². The fourth-order valence-corrected chi connectivity index (χ4v) is 2.10. The molecule has 2 aromatic rings. The Morgan fingerprint density at radius 1 is 1.05 bits per heavy atom. The predicted octanol–water partition coefficient (Wildman–Crippen LogP) is 4.06. The Kier molecular flexibility index (Phi) is 4.83. The first-order valence-corrected chi connectivity index (χ1v) is 6.70. The van der Waals surface area contributed by atoms with Crippen molar-refractivity contribution in [1.82, 2.24) is 0 Å². The van der Waals surface area contributed by atoms with Crippen molar-refractivity contribution >= 4 is 11.6 Å². The molecule has 0 aromatic heterocycles. The van der Waals surface area contributed by atoms with Gasteiger partial charge in [0.2, 0.25) is 0 Å². The summed E-state index contributed by atoms with van der Waals surface area (Å²) in [6.07, 6.45) is 0.0923. The van der Waals surface area contributed by atoms with Gasteiger partial charge in [0.25, 0.3) is 0 Å². The quantitative estimate of drug-likeness (QED) is 0.835. The summed E-state index contributed by atoms with van der Waals surface area (Å²) >= 11 is 5.70. The molecule has 1 N–H and O–H groups in total. The van der Waals surface area contributed by atoms with E-state index in [1.165, 1.54) is 0 Å². The van der Waals surface area contributed by atoms with Crippen LogP contribution >= 0.6 is 11.6 Å². The van der Waals surface area contributed by atoms with Crippen LogP contribution in [-0.4, -0.2) is 10.7 Å². The lowest BCUT2D eigenvalue weighted by molar-refractivity contribution is 0.137. The van der Waals surface area contributed by atoms with Gasteiger partial charge in [0, 0.05) is 6.42 Å². The van der Waals surface area contributed by atoms with Gasteiger partial charge < -0.3 is 9.84 Å². The number of rotatable bonds is 5. The molecular weight excluding hydrogens is 260 g/mol. The fourth-order valence-electron chi connectivity index (χ4n) is 1.94. The first kappa shape index (κ1) is 13.9. The van der Waals surface area contributed by atoms with Crippen LogP contribution in [-0.2, 0) is 0 Å². The third-order valence-electron chi connectivity index (χ3n) is 2.94. The number of hydrogen-bond donors (Lipinski definition) is 1. The van der Waals surface area contributed by atoms with Crippen molar-refractivity contribution in [3.8, 4) is 5.75 Å². The summed E-state index contributed by atoms with van der Waals surface area (Å²) in [6.45, 7) is 1.99. The van der Waals surface area contributed by atoms with E-state index >= 15 is 0 Å². The average molecular weight is 277 g/mol. The van der Waals surface area contributed by atoms with E-state index in [1.54, 1.807) is 0 Å². The molecule has 2 aromatic carbocycles. The molecule has 0 aliphatic heterocycles. The number of hydrogen-bond acceptors (Lipinski definition) is 2. The Bertz CT molecular complexity index is 511. The molecule has 2 nitrogen and oxygen atoms in total. The van der Waals surface area contributed by atoms with Gasteiger partial charge >= 0.3 is 0 Å². The van der Waals surface area contributed by atoms with E-state index < -0.39 is 5.56 Å². The molecule has 0 spiro atoms. The SMILES string of the molecule is Cc1ccccc1OC(CC(O)Cl)c1ccccc1. The molecule has 100 valence electrons. The van der Waals surface area contributed by atoms with Crippen LogP contribution < -0.4 is 4.74 Å². The summed E-state index contributed by atoms with van der Waals surface area (Å²) in [6, 6.07) is 17.6. The van der Waals surface area contributed by atoms with E-state index in [0.717, 1.165) is 16.9 Å². The molecule has 0 fully saturated rings. The van der Waals surface area contributed by atoms with Gasteiger partial charge in [-0.1, -0.05) is 60.1 Å². The third-order valence-corrected chi connectivity index (χ3v) is 3.12. The number of benzene rings is 2. The van der Waals surface area contributed by atoms with Crippen molar-refractivity contribution in [2.24, 2.45) is 0 Å². The van der Waals surface area contributed by atoms with Crippen molar-refractivity contribution in [3.05, 3.63) is 65.7 Å². The molecule has 0 bridgehead atoms. The zero-order chi connectivity index (χ0) is 13.7. The highest BCUT2D eigenvalue weighted by Crippen LogP contribution is 2.28. The van der Waals surface area contributed by atoms with Crippen LogP contribution in [0.15, 0.2) is 54.6 Å². The number of para-hydroxylation sites is 1. The summed E-state index contributed by atoms with van der Waals surface area (Å²) in [5.74, 6) is 0.814. The van der Waals surface area contributed by atoms with Gasteiger partial charge in [-0.3, -0.25) is 0 Å². The molecule has 2 atom stereocenters. The van der Waals surface area contributed by atoms with E-state index in [9.17, 15) is 5.11 Å². The molecular formula is C16H17ClO2. The van der Waals surface area contributed by atoms with Gasteiger partial charge in [-0.05, 0) is 24.1 Å². The molecule has 2 rings (SSSR count). The second kappa shape index (κ2) is 6.60. The van der Waals surface area contributed by atoms with Crippen LogP contribution in [0.25, 0.3) is 0 Å². The number of halogens is 1. The summed E-state index contributed by atoms with van der Waals surface area (Å²) in [4.78, 5) is 0. The van der Waals surface area contributed by atoms with E-state index in [4.69, 9.17) is 16.3 Å². The van der Waals surface area contributed by atoms with Crippen molar-refractivity contribution in [2.45, 2.75) is 25.0 Å². The minimum Gasteiger partial charge on any atom is -0.485 e. The lowest BCUT2D eigenvalue weighted by Gasteiger charge is -2.21. The monoisotopic (exact) mass is 276 g/mol. The van der Waals surface area contributed by atoms with Crippen LogP contribution in [0.4, 0.5) is 0 Å². The fraction of sp³-hybridized carbons (Fsp3) is 0.250. The van der Waals surface area contributed by atoms with Gasteiger partial charge in [-0.15, -0.1) is 0 Å². The second-order valence-electron chi connectivity index (χ2n) is 4.45. The molecule has 2 unspecified atom stereocenters. The van der Waals surface area contributed by atoms with Crippen LogP contribution in [0.2, 0.25) is 0 Å². The van der Waals surface area contributed by atoms with E-state index in [1.807, 2.05) is 61.5 Å². The Morgan fingerprint density at radius 2 is 1.68 bits per heavy atom. The summed E-state index contributed by atoms with van der Waals surface area (Å²) in [7, 11) is 0. The molecule has 19 heavy (non-hydrogen) atoms. The highest BCUT2D eigenvalue weighted by atomic mass is 35.5. The molecule has 0 aliphatic rings. The maximum absolute atomic E-state index is 9.42. The summed E-state index contributed by atoms with van der Waals surface area (Å²) in [5, 5.41) is 9.42. The minimum atomic E-state index is -0.922. The largest absolute Gasteiger partial charge is 0.485 e. The Labute approximate surface area is 118 Å². The Balaban J connectivity index is 2.22. The topological polar surface area (TPSA) is 29.5 Å². The molecule has 0 radical (unpaired) electrons. The number of alkyl halides is 1. The first-order valence-electron chi connectivity index (χ1n) is 6.26. The normalized spacial score (nSPS) is 13.8. The predicted molar refractivity (Wildman–Crippen MR) is 77.5 cm³/mol. The average Bonchev–Trinajstić information content (AvgIpc) is 2.41. The lowest BCUT2D eigenvalue weighted by atomic mass is 10.1. The Hall–Kier alpha value is -1.51. The summed E-state index contributed by atoms with van der Waals surface area (Å²) < 4.78 is 6.00. The van der Waals surface area contributed by atoms with Gasteiger partial charge in [0.15, 0.2) is 0 Å². The van der Waals surface area contributed by atoms with E-state index in [2.05, 4.69) is 0 Å². The van der Waals surface area contributed by atoms with Crippen LogP contribution in [0.1, 0.15) is 23.7 Å². The number of ether oxygens (including phenoxy) is 1. The molecule has 0 aliphatic carbocycles. The van der Waals surface area contributed by atoms with Crippen molar-refractivity contribution in [2.75, 3.05) is 0 Å². The van der Waals surface area contributed by atoms with Gasteiger partial charge in [-0.2, -0.15) is 0 Å². The van der Waals surface area contributed by atoms with Crippen molar-refractivity contribution in [1.29, 1.82) is 0 Å². The van der Waals surface area contributed by atoms with Crippen LogP contribution in [0, 0.1) is 6.92 Å². The van der Waals surface area contributed by atoms with E-state index in [-0.39, 0.29) is 6.10 Å². The third kappa shape index (κ3) is 3.98. The molecule has 3 heteroatoms. The molecule has 0 amide bonds. The maximum Gasteiger partial charge on any atom is 0.131 e. The lowest BCUT2D eigenvalue weighted by Crippen LogP contribution is -2.13.